The van der Waals surface area contributed by atoms with Crippen molar-refractivity contribution in [2.75, 3.05) is 36.6 Å². The second kappa shape index (κ2) is 16.1. The van der Waals surface area contributed by atoms with Crippen molar-refractivity contribution in [2.24, 2.45) is 0 Å². The molecule has 0 saturated carbocycles. The number of carbonyl (C=O) groups is 7. The average Bonchev–Trinajstić information content (AvgIpc) is 3.36. The Kier molecular flexibility index (Phi) is 11.6. The number of carbonyl (C=O) groups excluding carboxylic acids is 7. The van der Waals surface area contributed by atoms with Gasteiger partial charge in [-0.3, -0.25) is 43.8 Å². The molecule has 5 N–H and O–H groups in total. The number of amides is 7. The molecule has 1 saturated heterocycles. The molecule has 276 valence electrons. The summed E-state index contributed by atoms with van der Waals surface area (Å²) in [7, 11) is 1.47. The molecule has 0 radical (unpaired) electrons. The lowest BCUT2D eigenvalue weighted by Crippen LogP contribution is -2.54. The largest absolute Gasteiger partial charge is 0.483 e. The van der Waals surface area contributed by atoms with Crippen LogP contribution in [0, 0.1) is 0 Å². The number of piperidine rings is 1. The van der Waals surface area contributed by atoms with Crippen LogP contribution in [0.25, 0.3) is 0 Å². The Morgan fingerprint density at radius 3 is 2.40 bits per heavy atom. The van der Waals surface area contributed by atoms with E-state index in [4.69, 9.17) is 27.4 Å². The van der Waals surface area contributed by atoms with Crippen LogP contribution >= 0.6 is 12.2 Å². The van der Waals surface area contributed by atoms with Gasteiger partial charge in [0.05, 0.1) is 46.1 Å². The molecule has 16 heteroatoms. The number of rotatable bonds is 13. The number of imide groups is 2. The highest BCUT2D eigenvalue weighted by Gasteiger charge is 2.46. The molecule has 3 aromatic rings. The van der Waals surface area contributed by atoms with E-state index in [1.165, 1.54) is 30.1 Å². The lowest BCUT2D eigenvalue weighted by Gasteiger charge is -2.27. The molecule has 1 atom stereocenters. The molecular formula is C37H38N6O9S. The number of nitrogen functional groups attached to an aromatic ring is 1. The lowest BCUT2D eigenvalue weighted by atomic mass is 10.0. The van der Waals surface area contributed by atoms with E-state index in [-0.39, 0.29) is 66.0 Å². The van der Waals surface area contributed by atoms with Crippen LogP contribution in [0.3, 0.4) is 0 Å². The number of fused-ring (bicyclic) bond motifs is 1. The minimum absolute atomic E-state index is 0.00147. The first-order valence-electron chi connectivity index (χ1n) is 16.6. The molecule has 5 rings (SSSR count). The number of nitrogens with one attached hydrogen (secondary N) is 3. The molecular weight excluding hydrogens is 705 g/mol. The van der Waals surface area contributed by atoms with E-state index < -0.39 is 47.8 Å². The molecule has 0 bridgehead atoms. The molecule has 0 spiro atoms. The number of thiocarbonyl (C=S) groups is 1. The fourth-order valence-electron chi connectivity index (χ4n) is 5.72. The van der Waals surface area contributed by atoms with E-state index in [0.29, 0.717) is 22.6 Å². The number of hydrogen-bond donors (Lipinski definition) is 4. The van der Waals surface area contributed by atoms with Crippen molar-refractivity contribution in [1.29, 1.82) is 0 Å². The fourth-order valence-corrected chi connectivity index (χ4v) is 5.90. The van der Waals surface area contributed by atoms with Crippen molar-refractivity contribution in [3.8, 4) is 5.75 Å². The third-order valence-corrected chi connectivity index (χ3v) is 9.04. The van der Waals surface area contributed by atoms with Crippen LogP contribution in [0.15, 0.2) is 66.7 Å². The van der Waals surface area contributed by atoms with Gasteiger partial charge in [-0.05, 0) is 68.8 Å². The van der Waals surface area contributed by atoms with Crippen LogP contribution in [0.5, 0.6) is 5.75 Å². The number of ether oxygens (including phenoxy) is 2. The topological polar surface area (TPSA) is 207 Å². The molecule has 1 unspecified atom stereocenters. The maximum Gasteiger partial charge on any atom is 0.266 e. The maximum atomic E-state index is 13.3. The maximum absolute atomic E-state index is 13.3. The van der Waals surface area contributed by atoms with E-state index in [9.17, 15) is 33.6 Å². The van der Waals surface area contributed by atoms with Crippen molar-refractivity contribution >= 4 is 75.6 Å². The summed E-state index contributed by atoms with van der Waals surface area (Å²) in [6.45, 7) is 3.08. The van der Waals surface area contributed by atoms with Crippen LogP contribution in [0.1, 0.15) is 70.6 Å². The molecule has 2 aliphatic heterocycles. The summed E-state index contributed by atoms with van der Waals surface area (Å²) in [6, 6.07) is 16.5. The summed E-state index contributed by atoms with van der Waals surface area (Å²) < 4.78 is 11.6. The first-order valence-corrected chi connectivity index (χ1v) is 17.0. The zero-order valence-electron chi connectivity index (χ0n) is 29.2. The molecule has 15 nitrogen and oxygen atoms in total. The Morgan fingerprint density at radius 1 is 0.981 bits per heavy atom. The lowest BCUT2D eigenvalue weighted by molar-refractivity contribution is -0.136. The zero-order chi connectivity index (χ0) is 38.4. The number of nitrogens with two attached hydrogens (primary N) is 1. The van der Waals surface area contributed by atoms with Gasteiger partial charge in [0, 0.05) is 31.1 Å². The van der Waals surface area contributed by atoms with Gasteiger partial charge < -0.3 is 30.7 Å². The minimum Gasteiger partial charge on any atom is -0.483 e. The quantitative estimate of drug-likeness (QED) is 0.114. The molecule has 2 heterocycles. The molecule has 2 aliphatic rings. The van der Waals surface area contributed by atoms with Crippen molar-refractivity contribution in [1.82, 2.24) is 15.1 Å². The number of anilines is 3. The van der Waals surface area contributed by atoms with Crippen LogP contribution in [0.2, 0.25) is 0 Å². The zero-order valence-corrected chi connectivity index (χ0v) is 30.0. The van der Waals surface area contributed by atoms with Gasteiger partial charge in [0.25, 0.3) is 23.6 Å². The van der Waals surface area contributed by atoms with Crippen LogP contribution in [-0.2, 0) is 23.9 Å². The predicted molar refractivity (Wildman–Crippen MR) is 197 cm³/mol. The van der Waals surface area contributed by atoms with Crippen LogP contribution < -0.4 is 26.4 Å². The number of nitrogens with zero attached hydrogens (tertiary/aromatic N) is 2. The first kappa shape index (κ1) is 38.2. The molecule has 53 heavy (non-hydrogen) atoms. The summed E-state index contributed by atoms with van der Waals surface area (Å²) in [4.78, 5) is 90.9. The third-order valence-electron chi connectivity index (χ3n) is 8.56. The summed E-state index contributed by atoms with van der Waals surface area (Å²) >= 11 is 5.43. The van der Waals surface area contributed by atoms with Gasteiger partial charge in [-0.25, -0.2) is 0 Å². The SMILES string of the molecule is CN(C(=O)COc1cccc2c1C(=O)N(C1CCC(=O)NC1=O)C2=O)C(=S)CCOC(C)(C)CC(=O)Nc1ccc(C(=O)Nc2ccccc2N)cc1. The van der Waals surface area contributed by atoms with Gasteiger partial charge in [-0.2, -0.15) is 0 Å². The van der Waals surface area contributed by atoms with Crippen LogP contribution in [0.4, 0.5) is 17.1 Å². The van der Waals surface area contributed by atoms with E-state index in [0.717, 1.165) is 4.90 Å². The monoisotopic (exact) mass is 742 g/mol. The van der Waals surface area contributed by atoms with Gasteiger partial charge in [0.1, 0.15) is 11.8 Å². The Morgan fingerprint density at radius 2 is 1.70 bits per heavy atom. The first-order chi connectivity index (χ1) is 25.1. The fraction of sp³-hybridized carbons (Fsp3) is 0.297. The average molecular weight is 743 g/mol. The summed E-state index contributed by atoms with van der Waals surface area (Å²) in [5, 5.41) is 7.69. The van der Waals surface area contributed by atoms with Crippen molar-refractivity contribution in [3.63, 3.8) is 0 Å². The third kappa shape index (κ3) is 9.09. The number of likely N-dealkylation sites (N-methyl/N-ethyl adjacent to an activating group) is 1. The van der Waals surface area contributed by atoms with E-state index >= 15 is 0 Å². The highest BCUT2D eigenvalue weighted by atomic mass is 32.1. The molecule has 0 aromatic heterocycles. The van der Waals surface area contributed by atoms with Gasteiger partial charge in [-0.15, -0.1) is 0 Å². The smallest absolute Gasteiger partial charge is 0.266 e. The van der Waals surface area contributed by atoms with E-state index in [1.807, 2.05) is 0 Å². The van der Waals surface area contributed by atoms with Crippen molar-refractivity contribution in [2.45, 2.75) is 51.2 Å². The number of benzene rings is 3. The minimum atomic E-state index is -1.14. The molecule has 7 amide bonds. The van der Waals surface area contributed by atoms with Crippen molar-refractivity contribution < 1.29 is 43.0 Å². The highest BCUT2D eigenvalue weighted by molar-refractivity contribution is 7.80. The Bertz CT molecular complexity index is 2000. The van der Waals surface area contributed by atoms with E-state index in [2.05, 4.69) is 16.0 Å². The summed E-state index contributed by atoms with van der Waals surface area (Å²) in [5.41, 5.74) is 6.77. The van der Waals surface area contributed by atoms with Crippen molar-refractivity contribution in [3.05, 3.63) is 83.4 Å². The Hall–Kier alpha value is -6.00. The molecule has 1 fully saturated rings. The number of para-hydroxylation sites is 2. The molecule has 3 aromatic carbocycles. The molecule has 0 aliphatic carbocycles. The van der Waals surface area contributed by atoms with E-state index in [1.54, 1.807) is 62.4 Å². The summed E-state index contributed by atoms with van der Waals surface area (Å²) in [6.07, 6.45) is 0.166. The van der Waals surface area contributed by atoms with Crippen LogP contribution in [-0.4, -0.2) is 88.0 Å². The normalized spacial score (nSPS) is 15.4. The predicted octanol–water partition coefficient (Wildman–Crippen LogP) is 3.30. The Balaban J connectivity index is 1.06. The Labute approximate surface area is 310 Å². The standard InChI is InChI=1S/C37H38N6O9S/c1-37(2,19-29(45)39-22-13-11-21(12-14-22)33(47)40-25-9-5-4-8-24(25)38)52-18-17-31(53)42(3)30(46)20-51-27-10-6-7-23-32(27)36(50)43(35(23)49)26-15-16-28(44)41-34(26)48/h4-14,26H,15-20,38H2,1-3H3,(H,39,45)(H,40,47)(H,41,44,48). The van der Waals surface area contributed by atoms with Gasteiger partial charge in [0.15, 0.2) is 6.61 Å². The van der Waals surface area contributed by atoms with Gasteiger partial charge in [0.2, 0.25) is 17.7 Å². The van der Waals surface area contributed by atoms with Gasteiger partial charge >= 0.3 is 0 Å². The number of hydrogen-bond acceptors (Lipinski definition) is 11. The highest BCUT2D eigenvalue weighted by Crippen LogP contribution is 2.33. The second-order valence-electron chi connectivity index (χ2n) is 13.0. The summed E-state index contributed by atoms with van der Waals surface area (Å²) in [5.74, 6) is -3.87. The second-order valence-corrected chi connectivity index (χ2v) is 13.4. The van der Waals surface area contributed by atoms with Gasteiger partial charge in [-0.1, -0.05) is 30.4 Å².